The van der Waals surface area contributed by atoms with Crippen molar-refractivity contribution < 1.29 is 19.1 Å². The van der Waals surface area contributed by atoms with Gasteiger partial charge in [0, 0.05) is 13.0 Å². The SMILES string of the molecule is CCCCCCCCN(C(=O)C(Cc1ccccc1)NC(=O)OC(C)(C)C)C(C(=O)Nc1c(C)cccc1Cl)c1c(C)cccc1C. The molecule has 2 N–H and O–H groups in total. The number of hydrogen-bond donors (Lipinski definition) is 2. The van der Waals surface area contributed by atoms with Gasteiger partial charge in [0.05, 0.1) is 10.7 Å². The van der Waals surface area contributed by atoms with Gasteiger partial charge in [-0.25, -0.2) is 4.79 Å². The first kappa shape index (κ1) is 37.6. The Balaban J connectivity index is 2.12. The molecule has 3 rings (SSSR count). The Bertz CT molecular complexity index is 1440. The number of anilines is 1. The molecule has 7 nitrogen and oxygen atoms in total. The minimum Gasteiger partial charge on any atom is -0.444 e. The number of nitrogens with zero attached hydrogens (tertiary/aromatic N) is 1. The van der Waals surface area contributed by atoms with Crippen LogP contribution in [0.3, 0.4) is 0 Å². The highest BCUT2D eigenvalue weighted by Gasteiger charge is 2.38. The van der Waals surface area contributed by atoms with E-state index in [2.05, 4.69) is 17.6 Å². The average Bonchev–Trinajstić information content (AvgIpc) is 3.00. The second-order valence-corrected chi connectivity index (χ2v) is 13.7. The van der Waals surface area contributed by atoms with Crippen molar-refractivity contribution in [1.82, 2.24) is 10.2 Å². The van der Waals surface area contributed by atoms with E-state index < -0.39 is 23.8 Å². The van der Waals surface area contributed by atoms with Crippen LogP contribution in [-0.4, -0.2) is 41.0 Å². The van der Waals surface area contributed by atoms with E-state index in [0.29, 0.717) is 23.7 Å². The molecular formula is C39H52ClN3O4. The monoisotopic (exact) mass is 661 g/mol. The molecule has 0 radical (unpaired) electrons. The normalized spacial score (nSPS) is 12.6. The van der Waals surface area contributed by atoms with E-state index in [1.54, 1.807) is 31.7 Å². The van der Waals surface area contributed by atoms with Crippen LogP contribution in [0.25, 0.3) is 0 Å². The first-order valence-corrected chi connectivity index (χ1v) is 17.2. The summed E-state index contributed by atoms with van der Waals surface area (Å²) in [4.78, 5) is 44.3. The van der Waals surface area contributed by atoms with Gasteiger partial charge in [0.2, 0.25) is 5.91 Å². The van der Waals surface area contributed by atoms with Gasteiger partial charge in [0.15, 0.2) is 0 Å². The van der Waals surface area contributed by atoms with Crippen LogP contribution in [0.1, 0.15) is 100 Å². The summed E-state index contributed by atoms with van der Waals surface area (Å²) >= 11 is 6.57. The lowest BCUT2D eigenvalue weighted by Gasteiger charge is -2.36. The number of carbonyl (C=O) groups excluding carboxylic acids is 3. The lowest BCUT2D eigenvalue weighted by molar-refractivity contribution is -0.141. The summed E-state index contributed by atoms with van der Waals surface area (Å²) in [6, 6.07) is 18.9. The van der Waals surface area contributed by atoms with E-state index in [9.17, 15) is 14.4 Å². The number of benzene rings is 3. The molecule has 0 fully saturated rings. The second-order valence-electron chi connectivity index (χ2n) is 13.3. The number of hydrogen-bond acceptors (Lipinski definition) is 4. The molecule has 3 aromatic carbocycles. The Morgan fingerprint density at radius 2 is 1.40 bits per heavy atom. The smallest absolute Gasteiger partial charge is 0.408 e. The summed E-state index contributed by atoms with van der Waals surface area (Å²) in [5.74, 6) is -0.722. The average molecular weight is 662 g/mol. The summed E-state index contributed by atoms with van der Waals surface area (Å²) in [6.45, 7) is 13.7. The molecule has 2 atom stereocenters. The molecule has 0 heterocycles. The summed E-state index contributed by atoms with van der Waals surface area (Å²) in [5.41, 5.74) is 3.98. The topological polar surface area (TPSA) is 87.7 Å². The summed E-state index contributed by atoms with van der Waals surface area (Å²) in [7, 11) is 0. The minimum absolute atomic E-state index is 0.233. The first-order valence-electron chi connectivity index (χ1n) is 16.8. The lowest BCUT2D eigenvalue weighted by atomic mass is 9.92. The highest BCUT2D eigenvalue weighted by atomic mass is 35.5. The van der Waals surface area contributed by atoms with Crippen molar-refractivity contribution in [1.29, 1.82) is 0 Å². The molecule has 8 heteroatoms. The van der Waals surface area contributed by atoms with E-state index in [-0.39, 0.29) is 18.2 Å². The standard InChI is InChI=1S/C39H52ClN3O4/c1-8-9-10-11-12-16-25-43(37(45)32(26-30-22-14-13-15-23-30)41-38(46)47-39(5,6)7)35(33-27(2)19-17-20-28(33)3)36(44)42-34-29(4)21-18-24-31(34)40/h13-15,17-24,32,35H,8-12,16,25-26H2,1-7H3,(H,41,46)(H,42,44). The fourth-order valence-electron chi connectivity index (χ4n) is 5.80. The zero-order chi connectivity index (χ0) is 34.6. The maximum Gasteiger partial charge on any atom is 0.408 e. The molecule has 0 aromatic heterocycles. The second kappa shape index (κ2) is 17.9. The molecule has 0 saturated heterocycles. The molecule has 0 spiro atoms. The van der Waals surface area contributed by atoms with E-state index >= 15 is 0 Å². The predicted octanol–water partition coefficient (Wildman–Crippen LogP) is 9.27. The number of aryl methyl sites for hydroxylation is 3. The van der Waals surface area contributed by atoms with Crippen LogP contribution in [-0.2, 0) is 20.7 Å². The number of alkyl carbamates (subject to hydrolysis) is 1. The summed E-state index contributed by atoms with van der Waals surface area (Å²) in [6.07, 6.45) is 5.62. The van der Waals surface area contributed by atoms with Crippen LogP contribution in [0.15, 0.2) is 66.7 Å². The summed E-state index contributed by atoms with van der Waals surface area (Å²) in [5, 5.41) is 6.34. The number of nitrogens with one attached hydrogen (secondary N) is 2. The van der Waals surface area contributed by atoms with Crippen molar-refractivity contribution >= 4 is 35.2 Å². The van der Waals surface area contributed by atoms with E-state index in [1.165, 1.54) is 0 Å². The fraction of sp³-hybridized carbons (Fsp3) is 0.462. The van der Waals surface area contributed by atoms with Crippen molar-refractivity contribution in [3.05, 3.63) is 99.6 Å². The van der Waals surface area contributed by atoms with Gasteiger partial charge in [-0.3, -0.25) is 9.59 Å². The van der Waals surface area contributed by atoms with Crippen molar-refractivity contribution in [2.45, 2.75) is 111 Å². The van der Waals surface area contributed by atoms with Gasteiger partial charge >= 0.3 is 6.09 Å². The predicted molar refractivity (Wildman–Crippen MR) is 192 cm³/mol. The zero-order valence-electron chi connectivity index (χ0n) is 29.1. The van der Waals surface area contributed by atoms with Gasteiger partial charge in [-0.2, -0.15) is 0 Å². The third kappa shape index (κ3) is 11.4. The molecule has 0 saturated carbocycles. The Morgan fingerprint density at radius 3 is 2.02 bits per heavy atom. The first-order chi connectivity index (χ1) is 22.3. The van der Waals surface area contributed by atoms with Gasteiger partial charge in [0.1, 0.15) is 17.7 Å². The van der Waals surface area contributed by atoms with Crippen LogP contribution in [0.4, 0.5) is 10.5 Å². The van der Waals surface area contributed by atoms with Crippen molar-refractivity contribution in [3.63, 3.8) is 0 Å². The van der Waals surface area contributed by atoms with Gasteiger partial charge in [0.25, 0.3) is 5.91 Å². The number of para-hydroxylation sites is 1. The molecule has 0 aliphatic heterocycles. The lowest BCUT2D eigenvalue weighted by Crippen LogP contribution is -2.53. The highest BCUT2D eigenvalue weighted by Crippen LogP contribution is 2.33. The van der Waals surface area contributed by atoms with Crippen LogP contribution in [0.5, 0.6) is 0 Å². The van der Waals surface area contributed by atoms with E-state index in [4.69, 9.17) is 16.3 Å². The maximum absolute atomic E-state index is 14.9. The van der Waals surface area contributed by atoms with Crippen LogP contribution in [0.2, 0.25) is 5.02 Å². The van der Waals surface area contributed by atoms with Gasteiger partial charge in [-0.15, -0.1) is 0 Å². The van der Waals surface area contributed by atoms with Gasteiger partial charge in [-0.05, 0) is 81.8 Å². The molecular weight excluding hydrogens is 610 g/mol. The number of unbranched alkanes of at least 4 members (excludes halogenated alkanes) is 5. The Hall–Kier alpha value is -3.84. The molecule has 2 unspecified atom stereocenters. The Kier molecular flexibility index (Phi) is 14.3. The molecule has 0 bridgehead atoms. The zero-order valence-corrected chi connectivity index (χ0v) is 29.9. The molecule has 0 aliphatic rings. The molecule has 3 aromatic rings. The quantitative estimate of drug-likeness (QED) is 0.159. The third-order valence-corrected chi connectivity index (χ3v) is 8.47. The third-order valence-electron chi connectivity index (χ3n) is 8.15. The summed E-state index contributed by atoms with van der Waals surface area (Å²) < 4.78 is 5.59. The van der Waals surface area contributed by atoms with Crippen LogP contribution in [0, 0.1) is 20.8 Å². The minimum atomic E-state index is -0.978. The van der Waals surface area contributed by atoms with Gasteiger partial charge < -0.3 is 20.3 Å². The van der Waals surface area contributed by atoms with Crippen molar-refractivity contribution in [2.75, 3.05) is 11.9 Å². The Labute approximate surface area is 286 Å². The molecule has 47 heavy (non-hydrogen) atoms. The van der Waals surface area contributed by atoms with Crippen LogP contribution >= 0.6 is 11.6 Å². The number of rotatable bonds is 15. The Morgan fingerprint density at radius 1 is 0.809 bits per heavy atom. The van der Waals surface area contributed by atoms with Crippen LogP contribution < -0.4 is 10.6 Å². The number of carbonyl (C=O) groups is 3. The highest BCUT2D eigenvalue weighted by molar-refractivity contribution is 6.34. The van der Waals surface area contributed by atoms with E-state index in [0.717, 1.165) is 59.9 Å². The molecule has 254 valence electrons. The van der Waals surface area contributed by atoms with E-state index in [1.807, 2.05) is 81.4 Å². The largest absolute Gasteiger partial charge is 0.444 e. The number of ether oxygens (including phenoxy) is 1. The fourth-order valence-corrected chi connectivity index (χ4v) is 6.07. The number of halogens is 1. The molecule has 3 amide bonds. The van der Waals surface area contributed by atoms with Crippen molar-refractivity contribution in [3.8, 4) is 0 Å². The molecule has 0 aliphatic carbocycles. The maximum atomic E-state index is 14.9. The van der Waals surface area contributed by atoms with Crippen molar-refractivity contribution in [2.24, 2.45) is 0 Å². The number of amides is 3. The van der Waals surface area contributed by atoms with Gasteiger partial charge in [-0.1, -0.05) is 111 Å².